The van der Waals surface area contributed by atoms with Crippen molar-refractivity contribution in [3.8, 4) is 33.7 Å². The zero-order valence-electron chi connectivity index (χ0n) is 30.4. The van der Waals surface area contributed by atoms with Gasteiger partial charge in [0.25, 0.3) is 0 Å². The van der Waals surface area contributed by atoms with E-state index in [-0.39, 0.29) is 0 Å². The summed E-state index contributed by atoms with van der Waals surface area (Å²) < 4.78 is 6.68. The van der Waals surface area contributed by atoms with E-state index in [0.29, 0.717) is 5.89 Å². The molecule has 56 heavy (non-hydrogen) atoms. The van der Waals surface area contributed by atoms with Crippen LogP contribution in [0.4, 0.5) is 17.1 Å². The van der Waals surface area contributed by atoms with Gasteiger partial charge in [0.2, 0.25) is 5.89 Å². The molecule has 0 aliphatic heterocycles. The van der Waals surface area contributed by atoms with Gasteiger partial charge in [0.05, 0.1) is 0 Å². The molecular formula is C53H34N2O. The summed E-state index contributed by atoms with van der Waals surface area (Å²) in [5.41, 5.74) is 10.6. The van der Waals surface area contributed by atoms with Crippen LogP contribution < -0.4 is 4.90 Å². The van der Waals surface area contributed by atoms with Crippen molar-refractivity contribution in [2.24, 2.45) is 0 Å². The van der Waals surface area contributed by atoms with E-state index in [0.717, 1.165) is 55.3 Å². The molecule has 0 atom stereocenters. The van der Waals surface area contributed by atoms with Crippen LogP contribution in [0.3, 0.4) is 0 Å². The quantitative estimate of drug-likeness (QED) is 0.161. The van der Waals surface area contributed by atoms with E-state index in [4.69, 9.17) is 9.40 Å². The molecule has 0 unspecified atom stereocenters. The lowest BCUT2D eigenvalue weighted by molar-refractivity contribution is 0.623. The fourth-order valence-corrected chi connectivity index (χ4v) is 8.42. The first kappa shape index (κ1) is 32.0. The molecule has 0 aliphatic carbocycles. The standard InChI is InChI=1S/C53H34N2O/c1-4-14-35(15-5-1)48-33-39-26-31-50-52(56-53(54-50)37-16-6-2-7-17-37)51(39)49-34-42(29-30-46(48)49)55(40-19-8-3-9-20-40)41-27-24-36(25-28-41)47-32-38-18-10-11-21-43(38)44-22-12-13-23-45(44)47/h1-34H. The van der Waals surface area contributed by atoms with Crippen LogP contribution in [-0.2, 0) is 0 Å². The molecule has 0 N–H and O–H groups in total. The van der Waals surface area contributed by atoms with E-state index in [1.807, 2.05) is 30.3 Å². The van der Waals surface area contributed by atoms with Crippen molar-refractivity contribution in [3.05, 3.63) is 206 Å². The summed E-state index contributed by atoms with van der Waals surface area (Å²) in [5, 5.41) is 9.47. The first-order chi connectivity index (χ1) is 27.8. The molecule has 0 radical (unpaired) electrons. The normalized spacial score (nSPS) is 11.6. The van der Waals surface area contributed by atoms with Crippen molar-refractivity contribution in [2.75, 3.05) is 4.90 Å². The van der Waals surface area contributed by atoms with E-state index in [1.54, 1.807) is 0 Å². The number of aromatic nitrogens is 1. The van der Waals surface area contributed by atoms with Crippen LogP contribution in [0.2, 0.25) is 0 Å². The third-order valence-corrected chi connectivity index (χ3v) is 11.0. The average Bonchev–Trinajstić information content (AvgIpc) is 3.72. The van der Waals surface area contributed by atoms with Gasteiger partial charge in [-0.3, -0.25) is 0 Å². The Bertz CT molecular complexity index is 3230. The highest BCUT2D eigenvalue weighted by Gasteiger charge is 2.20. The summed E-state index contributed by atoms with van der Waals surface area (Å²) in [7, 11) is 0. The number of anilines is 3. The minimum atomic E-state index is 0.620. The predicted molar refractivity (Wildman–Crippen MR) is 235 cm³/mol. The molecule has 1 heterocycles. The minimum Gasteiger partial charge on any atom is -0.435 e. The minimum absolute atomic E-state index is 0.620. The monoisotopic (exact) mass is 714 g/mol. The Hall–Kier alpha value is -7.49. The van der Waals surface area contributed by atoms with Gasteiger partial charge in [-0.1, -0.05) is 140 Å². The summed E-state index contributed by atoms with van der Waals surface area (Å²) in [5.74, 6) is 0.620. The van der Waals surface area contributed by atoms with Crippen molar-refractivity contribution in [3.63, 3.8) is 0 Å². The van der Waals surface area contributed by atoms with E-state index < -0.39 is 0 Å². The number of rotatable bonds is 6. The fraction of sp³-hybridized carbons (Fsp3) is 0. The van der Waals surface area contributed by atoms with Crippen molar-refractivity contribution in [2.45, 2.75) is 0 Å². The Morgan fingerprint density at radius 1 is 0.357 bits per heavy atom. The van der Waals surface area contributed by atoms with Crippen LogP contribution >= 0.6 is 0 Å². The van der Waals surface area contributed by atoms with Crippen LogP contribution in [0.5, 0.6) is 0 Å². The second kappa shape index (κ2) is 13.1. The van der Waals surface area contributed by atoms with E-state index in [1.165, 1.54) is 43.8 Å². The molecule has 3 nitrogen and oxygen atoms in total. The number of hydrogen-bond donors (Lipinski definition) is 0. The average molecular weight is 715 g/mol. The van der Waals surface area contributed by atoms with Gasteiger partial charge in [-0.15, -0.1) is 0 Å². The number of benzene rings is 10. The molecular weight excluding hydrogens is 681 g/mol. The Morgan fingerprint density at radius 3 is 1.66 bits per heavy atom. The molecule has 262 valence electrons. The third kappa shape index (κ3) is 5.32. The van der Waals surface area contributed by atoms with Crippen LogP contribution in [0, 0.1) is 0 Å². The van der Waals surface area contributed by atoms with Gasteiger partial charge in [0.15, 0.2) is 5.58 Å². The fourth-order valence-electron chi connectivity index (χ4n) is 8.42. The van der Waals surface area contributed by atoms with Crippen molar-refractivity contribution >= 4 is 71.3 Å². The third-order valence-electron chi connectivity index (χ3n) is 11.0. The lowest BCUT2D eigenvalue weighted by Gasteiger charge is -2.26. The lowest BCUT2D eigenvalue weighted by atomic mass is 9.92. The van der Waals surface area contributed by atoms with Crippen molar-refractivity contribution in [1.29, 1.82) is 0 Å². The molecule has 0 bridgehead atoms. The van der Waals surface area contributed by atoms with Crippen LogP contribution in [0.15, 0.2) is 211 Å². The second-order valence-corrected chi connectivity index (χ2v) is 14.3. The molecule has 0 saturated heterocycles. The predicted octanol–water partition coefficient (Wildman–Crippen LogP) is 14.9. The number of fused-ring (bicyclic) bond motifs is 8. The van der Waals surface area contributed by atoms with E-state index >= 15 is 0 Å². The highest BCUT2D eigenvalue weighted by molar-refractivity contribution is 6.22. The number of nitrogens with zero attached hydrogens (tertiary/aromatic N) is 2. The molecule has 11 aromatic rings. The van der Waals surface area contributed by atoms with Crippen molar-refractivity contribution < 1.29 is 4.42 Å². The van der Waals surface area contributed by atoms with Crippen molar-refractivity contribution in [1.82, 2.24) is 4.98 Å². The molecule has 3 heteroatoms. The zero-order valence-corrected chi connectivity index (χ0v) is 30.4. The van der Waals surface area contributed by atoms with Gasteiger partial charge in [0, 0.05) is 28.0 Å². The molecule has 0 amide bonds. The van der Waals surface area contributed by atoms with E-state index in [9.17, 15) is 0 Å². The van der Waals surface area contributed by atoms with Gasteiger partial charge in [0.1, 0.15) is 5.52 Å². The molecule has 0 saturated carbocycles. The highest BCUT2D eigenvalue weighted by atomic mass is 16.3. The summed E-state index contributed by atoms with van der Waals surface area (Å²) in [6.45, 7) is 0. The Morgan fingerprint density at radius 2 is 0.911 bits per heavy atom. The SMILES string of the molecule is c1ccc(-c2nc3ccc4cc(-c5ccccc5)c5ccc(N(c6ccccc6)c6ccc(-c7cc8ccccc8c8ccccc78)cc6)cc5c4c3o2)cc1. The number of hydrogen-bond acceptors (Lipinski definition) is 3. The molecule has 11 rings (SSSR count). The van der Waals surface area contributed by atoms with Gasteiger partial charge < -0.3 is 9.32 Å². The van der Waals surface area contributed by atoms with Crippen LogP contribution in [-0.4, -0.2) is 4.98 Å². The summed E-state index contributed by atoms with van der Waals surface area (Å²) in [4.78, 5) is 7.31. The molecule has 0 fully saturated rings. The highest BCUT2D eigenvalue weighted by Crippen LogP contribution is 2.44. The van der Waals surface area contributed by atoms with Gasteiger partial charge >= 0.3 is 0 Å². The zero-order chi connectivity index (χ0) is 37.0. The summed E-state index contributed by atoms with van der Waals surface area (Å²) in [6.07, 6.45) is 0. The first-order valence-corrected chi connectivity index (χ1v) is 19.0. The Labute approximate surface area is 324 Å². The van der Waals surface area contributed by atoms with Crippen LogP contribution in [0.1, 0.15) is 0 Å². The van der Waals surface area contributed by atoms with Crippen LogP contribution in [0.25, 0.3) is 87.9 Å². The molecule has 0 aliphatic rings. The lowest BCUT2D eigenvalue weighted by Crippen LogP contribution is -2.09. The number of oxazole rings is 1. The first-order valence-electron chi connectivity index (χ1n) is 19.0. The Kier molecular flexibility index (Phi) is 7.49. The van der Waals surface area contributed by atoms with Gasteiger partial charge in [-0.05, 0) is 127 Å². The van der Waals surface area contributed by atoms with E-state index in [2.05, 4.69) is 181 Å². The number of para-hydroxylation sites is 1. The Balaban J connectivity index is 1.12. The molecule has 1 aromatic heterocycles. The summed E-state index contributed by atoms with van der Waals surface area (Å²) >= 11 is 0. The maximum Gasteiger partial charge on any atom is 0.227 e. The summed E-state index contributed by atoms with van der Waals surface area (Å²) in [6, 6.07) is 73.5. The maximum atomic E-state index is 6.68. The second-order valence-electron chi connectivity index (χ2n) is 14.3. The maximum absolute atomic E-state index is 6.68. The molecule has 10 aromatic carbocycles. The smallest absolute Gasteiger partial charge is 0.227 e. The molecule has 0 spiro atoms. The van der Waals surface area contributed by atoms with Gasteiger partial charge in [-0.2, -0.15) is 0 Å². The largest absolute Gasteiger partial charge is 0.435 e. The van der Waals surface area contributed by atoms with Gasteiger partial charge in [-0.25, -0.2) is 4.98 Å². The topological polar surface area (TPSA) is 29.3 Å².